The lowest BCUT2D eigenvalue weighted by Gasteiger charge is -1.97. The number of aromatic amines is 1. The fourth-order valence-electron chi connectivity index (χ4n) is 1.78. The van der Waals surface area contributed by atoms with Gasteiger partial charge in [0, 0.05) is 5.56 Å². The highest BCUT2D eigenvalue weighted by Gasteiger charge is 2.10. The summed E-state index contributed by atoms with van der Waals surface area (Å²) in [5, 5.41) is 0.512. The molecule has 0 amide bonds. The maximum Gasteiger partial charge on any atom is 0.159 e. The van der Waals surface area contributed by atoms with Crippen molar-refractivity contribution in [1.82, 2.24) is 9.97 Å². The average molecular weight is 265 g/mol. The van der Waals surface area contributed by atoms with Crippen LogP contribution < -0.4 is 0 Å². The number of para-hydroxylation sites is 1. The zero-order valence-corrected chi connectivity index (χ0v) is 9.80. The molecular formula is C13H7ClF2N2. The smallest absolute Gasteiger partial charge is 0.159 e. The lowest BCUT2D eigenvalue weighted by atomic mass is 10.2. The van der Waals surface area contributed by atoms with Crippen molar-refractivity contribution >= 4 is 22.6 Å². The molecule has 0 spiro atoms. The fraction of sp³-hybridized carbons (Fsp3) is 0. The van der Waals surface area contributed by atoms with E-state index in [0.717, 1.165) is 17.6 Å². The zero-order valence-electron chi connectivity index (χ0n) is 9.05. The number of H-pyrrole nitrogens is 1. The maximum atomic E-state index is 13.2. The Hall–Kier alpha value is -1.94. The molecule has 0 aliphatic carbocycles. The van der Waals surface area contributed by atoms with Gasteiger partial charge in [-0.05, 0) is 30.3 Å². The molecule has 90 valence electrons. The first-order valence-electron chi connectivity index (χ1n) is 5.25. The van der Waals surface area contributed by atoms with Crippen molar-refractivity contribution in [2.24, 2.45) is 0 Å². The molecule has 0 atom stereocenters. The van der Waals surface area contributed by atoms with E-state index in [0.29, 0.717) is 21.9 Å². The molecule has 1 aromatic heterocycles. The minimum atomic E-state index is -0.904. The summed E-state index contributed by atoms with van der Waals surface area (Å²) in [4.78, 5) is 7.29. The van der Waals surface area contributed by atoms with Gasteiger partial charge in [0.1, 0.15) is 11.3 Å². The van der Waals surface area contributed by atoms with Gasteiger partial charge in [0.2, 0.25) is 0 Å². The van der Waals surface area contributed by atoms with Gasteiger partial charge >= 0.3 is 0 Å². The Bertz CT molecular complexity index is 737. The van der Waals surface area contributed by atoms with E-state index in [4.69, 9.17) is 11.6 Å². The molecule has 0 saturated heterocycles. The third-order valence-corrected chi connectivity index (χ3v) is 2.96. The van der Waals surface area contributed by atoms with Gasteiger partial charge in [-0.3, -0.25) is 0 Å². The molecule has 0 saturated carbocycles. The summed E-state index contributed by atoms with van der Waals surface area (Å²) in [6, 6.07) is 8.96. The first kappa shape index (κ1) is 11.2. The summed E-state index contributed by atoms with van der Waals surface area (Å²) >= 11 is 6.00. The SMILES string of the molecule is Fc1ccc(-c2nc3c(Cl)cccc3[nH]2)cc1F. The van der Waals surface area contributed by atoms with Gasteiger partial charge in [-0.1, -0.05) is 17.7 Å². The standard InChI is InChI=1S/C13H7ClF2N2/c14-8-2-1-3-11-12(8)18-13(17-11)7-4-5-9(15)10(16)6-7/h1-6H,(H,17,18). The van der Waals surface area contributed by atoms with Gasteiger partial charge in [0.15, 0.2) is 11.6 Å². The fourth-order valence-corrected chi connectivity index (χ4v) is 1.99. The lowest BCUT2D eigenvalue weighted by Crippen LogP contribution is -1.86. The Labute approximate surface area is 106 Å². The van der Waals surface area contributed by atoms with Crippen LogP contribution in [0.15, 0.2) is 36.4 Å². The zero-order chi connectivity index (χ0) is 12.7. The summed E-state index contributed by atoms with van der Waals surface area (Å²) in [6.45, 7) is 0. The summed E-state index contributed by atoms with van der Waals surface area (Å²) < 4.78 is 26.0. The molecular weight excluding hydrogens is 258 g/mol. The summed E-state index contributed by atoms with van der Waals surface area (Å²) in [6.07, 6.45) is 0. The van der Waals surface area contributed by atoms with E-state index in [-0.39, 0.29) is 0 Å². The number of aromatic nitrogens is 2. The van der Waals surface area contributed by atoms with Crippen LogP contribution in [0.5, 0.6) is 0 Å². The number of nitrogens with one attached hydrogen (secondary N) is 1. The highest BCUT2D eigenvalue weighted by atomic mass is 35.5. The normalized spacial score (nSPS) is 11.1. The Kier molecular flexibility index (Phi) is 2.52. The predicted molar refractivity (Wildman–Crippen MR) is 66.5 cm³/mol. The third-order valence-electron chi connectivity index (χ3n) is 2.66. The maximum absolute atomic E-state index is 13.2. The molecule has 2 nitrogen and oxygen atoms in total. The van der Waals surface area contributed by atoms with Crippen LogP contribution in [0.3, 0.4) is 0 Å². The molecule has 0 bridgehead atoms. The number of fused-ring (bicyclic) bond motifs is 1. The quantitative estimate of drug-likeness (QED) is 0.702. The number of hydrogen-bond donors (Lipinski definition) is 1. The highest BCUT2D eigenvalue weighted by Crippen LogP contribution is 2.26. The van der Waals surface area contributed by atoms with Crippen LogP contribution in [-0.2, 0) is 0 Å². The average Bonchev–Trinajstić information content (AvgIpc) is 2.78. The van der Waals surface area contributed by atoms with Crippen molar-refractivity contribution in [1.29, 1.82) is 0 Å². The molecule has 0 aliphatic heterocycles. The van der Waals surface area contributed by atoms with Crippen LogP contribution in [-0.4, -0.2) is 9.97 Å². The van der Waals surface area contributed by atoms with E-state index in [1.165, 1.54) is 6.07 Å². The number of nitrogens with zero attached hydrogens (tertiary/aromatic N) is 1. The topological polar surface area (TPSA) is 28.7 Å². The molecule has 0 aliphatic rings. The molecule has 1 heterocycles. The highest BCUT2D eigenvalue weighted by molar-refractivity contribution is 6.34. The van der Waals surface area contributed by atoms with E-state index >= 15 is 0 Å². The van der Waals surface area contributed by atoms with Gasteiger partial charge in [-0.25, -0.2) is 13.8 Å². The molecule has 18 heavy (non-hydrogen) atoms. The van der Waals surface area contributed by atoms with E-state index in [1.54, 1.807) is 12.1 Å². The van der Waals surface area contributed by atoms with Crippen molar-refractivity contribution in [3.05, 3.63) is 53.1 Å². The van der Waals surface area contributed by atoms with Crippen LogP contribution in [0.4, 0.5) is 8.78 Å². The molecule has 1 N–H and O–H groups in total. The second kappa shape index (κ2) is 4.07. The van der Waals surface area contributed by atoms with Crippen molar-refractivity contribution in [3.63, 3.8) is 0 Å². The Morgan fingerprint density at radius 1 is 1.06 bits per heavy atom. The van der Waals surface area contributed by atoms with Crippen LogP contribution in [0.1, 0.15) is 0 Å². The first-order valence-corrected chi connectivity index (χ1v) is 5.62. The Morgan fingerprint density at radius 3 is 2.61 bits per heavy atom. The number of halogens is 3. The summed E-state index contributed by atoms with van der Waals surface area (Å²) in [7, 11) is 0. The number of hydrogen-bond acceptors (Lipinski definition) is 1. The van der Waals surface area contributed by atoms with Gasteiger partial charge in [0.25, 0.3) is 0 Å². The van der Waals surface area contributed by atoms with Crippen molar-refractivity contribution in [2.45, 2.75) is 0 Å². The van der Waals surface area contributed by atoms with Gasteiger partial charge in [0.05, 0.1) is 10.5 Å². The molecule has 0 fully saturated rings. The van der Waals surface area contributed by atoms with E-state index in [1.807, 2.05) is 6.07 Å². The summed E-state index contributed by atoms with van der Waals surface area (Å²) in [5.41, 5.74) is 1.84. The molecule has 0 radical (unpaired) electrons. The van der Waals surface area contributed by atoms with Gasteiger partial charge in [-0.15, -0.1) is 0 Å². The Balaban J connectivity index is 2.19. The van der Waals surface area contributed by atoms with Gasteiger partial charge < -0.3 is 4.98 Å². The molecule has 5 heteroatoms. The number of rotatable bonds is 1. The van der Waals surface area contributed by atoms with Crippen molar-refractivity contribution in [3.8, 4) is 11.4 Å². The third kappa shape index (κ3) is 1.75. The Morgan fingerprint density at radius 2 is 1.89 bits per heavy atom. The number of imidazole rings is 1. The van der Waals surface area contributed by atoms with E-state index < -0.39 is 11.6 Å². The minimum absolute atomic E-state index is 0.456. The summed E-state index contributed by atoms with van der Waals surface area (Å²) in [5.74, 6) is -1.33. The molecule has 0 unspecified atom stereocenters. The minimum Gasteiger partial charge on any atom is -0.338 e. The van der Waals surface area contributed by atoms with Crippen LogP contribution in [0.2, 0.25) is 5.02 Å². The van der Waals surface area contributed by atoms with Crippen LogP contribution in [0.25, 0.3) is 22.4 Å². The van der Waals surface area contributed by atoms with Gasteiger partial charge in [-0.2, -0.15) is 0 Å². The first-order chi connectivity index (χ1) is 8.65. The predicted octanol–water partition coefficient (Wildman–Crippen LogP) is 4.16. The monoisotopic (exact) mass is 264 g/mol. The van der Waals surface area contributed by atoms with Crippen LogP contribution >= 0.6 is 11.6 Å². The van der Waals surface area contributed by atoms with Crippen LogP contribution in [0, 0.1) is 11.6 Å². The molecule has 3 aromatic rings. The second-order valence-corrected chi connectivity index (χ2v) is 4.26. The second-order valence-electron chi connectivity index (χ2n) is 3.85. The number of benzene rings is 2. The van der Waals surface area contributed by atoms with Crippen molar-refractivity contribution in [2.75, 3.05) is 0 Å². The van der Waals surface area contributed by atoms with E-state index in [9.17, 15) is 8.78 Å². The lowest BCUT2D eigenvalue weighted by molar-refractivity contribution is 0.509. The largest absolute Gasteiger partial charge is 0.338 e. The molecule has 3 rings (SSSR count). The van der Waals surface area contributed by atoms with Crippen molar-refractivity contribution < 1.29 is 8.78 Å². The van der Waals surface area contributed by atoms with E-state index in [2.05, 4.69) is 9.97 Å². The molecule has 2 aromatic carbocycles.